The van der Waals surface area contributed by atoms with Crippen LogP contribution < -0.4 is 5.06 Å². The highest BCUT2D eigenvalue weighted by Crippen LogP contribution is 2.12. The number of hydroxylamine groups is 4. The van der Waals surface area contributed by atoms with Crippen molar-refractivity contribution in [3.8, 4) is 0 Å². The fraction of sp³-hybridized carbons (Fsp3) is 1.00. The molecular formula is C8H18N2O2. The molecule has 1 rings (SSSR count). The molecule has 0 aromatic carbocycles. The fourth-order valence-electron chi connectivity index (χ4n) is 1.94. The molecule has 72 valence electrons. The van der Waals surface area contributed by atoms with Crippen LogP contribution in [0, 0.1) is 5.21 Å². The number of rotatable bonds is 1. The van der Waals surface area contributed by atoms with Gasteiger partial charge in [-0.25, -0.2) is 0 Å². The highest BCUT2D eigenvalue weighted by atomic mass is 16.5. The Bertz CT molecular complexity index is 140. The highest BCUT2D eigenvalue weighted by molar-refractivity contribution is 4.75. The summed E-state index contributed by atoms with van der Waals surface area (Å²) in [5, 5.41) is 22.2. The van der Waals surface area contributed by atoms with Gasteiger partial charge in [-0.15, -0.1) is 0 Å². The smallest absolute Gasteiger partial charge is 0.0861 e. The maximum Gasteiger partial charge on any atom is 0.0861 e. The first kappa shape index (κ1) is 9.92. The fourth-order valence-corrected chi connectivity index (χ4v) is 1.94. The lowest BCUT2D eigenvalue weighted by molar-refractivity contribution is -0.904. The van der Waals surface area contributed by atoms with Crippen LogP contribution in [0.15, 0.2) is 0 Å². The minimum Gasteiger partial charge on any atom is -0.634 e. The van der Waals surface area contributed by atoms with E-state index in [-0.39, 0.29) is 18.1 Å². The first-order valence-corrected chi connectivity index (χ1v) is 4.47. The summed E-state index contributed by atoms with van der Waals surface area (Å²) in [6.45, 7) is 3.88. The monoisotopic (exact) mass is 174 g/mol. The Kier molecular flexibility index (Phi) is 3.06. The summed E-state index contributed by atoms with van der Waals surface area (Å²) < 4.78 is 0. The largest absolute Gasteiger partial charge is 0.634 e. The van der Waals surface area contributed by atoms with Gasteiger partial charge in [-0.1, -0.05) is 0 Å². The summed E-state index contributed by atoms with van der Waals surface area (Å²) in [7, 11) is 1.65. The quantitative estimate of drug-likeness (QED) is 0.421. The predicted octanol–water partition coefficient (Wildman–Crippen LogP) is -0.370. The third-order valence-electron chi connectivity index (χ3n) is 2.75. The molecule has 0 saturated carbocycles. The van der Waals surface area contributed by atoms with Gasteiger partial charge in [0.2, 0.25) is 0 Å². The second-order valence-corrected chi connectivity index (χ2v) is 3.90. The summed E-state index contributed by atoms with van der Waals surface area (Å²) in [6.07, 6.45) is 1.58. The predicted molar refractivity (Wildman–Crippen MR) is 45.8 cm³/mol. The van der Waals surface area contributed by atoms with E-state index in [1.54, 1.807) is 7.05 Å². The van der Waals surface area contributed by atoms with Crippen LogP contribution in [-0.2, 0) is 0 Å². The van der Waals surface area contributed by atoms with Gasteiger partial charge >= 0.3 is 0 Å². The summed E-state index contributed by atoms with van der Waals surface area (Å²) in [6, 6.07) is 0.370. The molecule has 1 aliphatic rings. The van der Waals surface area contributed by atoms with E-state index in [2.05, 4.69) is 0 Å². The normalized spacial score (nSPS) is 43.5. The lowest BCUT2D eigenvalue weighted by Crippen LogP contribution is -3.15. The van der Waals surface area contributed by atoms with Crippen LogP contribution in [-0.4, -0.2) is 35.4 Å². The Morgan fingerprint density at radius 1 is 1.33 bits per heavy atom. The molecule has 12 heavy (non-hydrogen) atoms. The number of hydrogen-bond acceptors (Lipinski definition) is 3. The van der Waals surface area contributed by atoms with Crippen molar-refractivity contribution in [1.29, 1.82) is 0 Å². The lowest BCUT2D eigenvalue weighted by atomic mass is 9.95. The maximum atomic E-state index is 11.4. The number of quaternary nitrogens is 1. The molecule has 1 fully saturated rings. The number of nitrogens with zero attached hydrogens (tertiary/aromatic N) is 1. The van der Waals surface area contributed by atoms with E-state index < -0.39 is 0 Å². The van der Waals surface area contributed by atoms with Crippen LogP contribution in [0.2, 0.25) is 0 Å². The first-order chi connectivity index (χ1) is 5.52. The summed E-state index contributed by atoms with van der Waals surface area (Å²) in [5.74, 6) is 0. The number of hydrogen-bond donors (Lipinski definition) is 2. The molecule has 2 unspecified atom stereocenters. The second kappa shape index (κ2) is 3.70. The molecular weight excluding hydrogens is 156 g/mol. The van der Waals surface area contributed by atoms with E-state index in [0.29, 0.717) is 5.06 Å². The molecule has 0 aromatic rings. The third kappa shape index (κ3) is 1.95. The topological polar surface area (TPSA) is 51.0 Å². The van der Waals surface area contributed by atoms with Gasteiger partial charge in [-0.05, 0) is 13.8 Å². The van der Waals surface area contributed by atoms with Gasteiger partial charge in [-0.2, -0.15) is 5.06 Å². The summed E-state index contributed by atoms with van der Waals surface area (Å²) in [4.78, 5) is 0. The van der Waals surface area contributed by atoms with Crippen molar-refractivity contribution in [3.05, 3.63) is 5.21 Å². The van der Waals surface area contributed by atoms with Gasteiger partial charge in [-0.3, -0.25) is 0 Å². The van der Waals surface area contributed by atoms with Gasteiger partial charge < -0.3 is 15.5 Å². The molecule has 0 aliphatic carbocycles. The van der Waals surface area contributed by atoms with E-state index in [4.69, 9.17) is 0 Å². The molecule has 1 saturated heterocycles. The van der Waals surface area contributed by atoms with Crippen LogP contribution in [0.4, 0.5) is 0 Å². The molecule has 0 radical (unpaired) electrons. The summed E-state index contributed by atoms with van der Waals surface area (Å²) in [5.41, 5.74) is 0. The second-order valence-electron chi connectivity index (χ2n) is 3.90. The molecule has 0 aromatic heterocycles. The van der Waals surface area contributed by atoms with Crippen molar-refractivity contribution in [2.24, 2.45) is 0 Å². The van der Waals surface area contributed by atoms with Crippen molar-refractivity contribution >= 4 is 0 Å². The van der Waals surface area contributed by atoms with E-state index in [9.17, 15) is 10.4 Å². The molecule has 2 N–H and O–H groups in total. The van der Waals surface area contributed by atoms with Crippen LogP contribution in [0.3, 0.4) is 0 Å². The average Bonchev–Trinajstić information content (AvgIpc) is 1.99. The van der Waals surface area contributed by atoms with Gasteiger partial charge in [0, 0.05) is 25.9 Å². The maximum absolute atomic E-state index is 11.4. The molecule has 1 aliphatic heterocycles. The van der Waals surface area contributed by atoms with Crippen molar-refractivity contribution in [2.75, 3.05) is 7.05 Å². The zero-order chi connectivity index (χ0) is 9.30. The number of nitrogens with one attached hydrogen (secondary N) is 1. The molecule has 4 heteroatoms. The molecule has 0 bridgehead atoms. The Morgan fingerprint density at radius 3 is 2.08 bits per heavy atom. The standard InChI is InChI=1S/C8H18N2O2/c1-6-4-8(9(3)11)5-7(2)10(6)12/h6-8,10-11H,4-5H2,1-3H3. The molecule has 2 atom stereocenters. The molecule has 4 nitrogen and oxygen atoms in total. The molecule has 1 heterocycles. The van der Waals surface area contributed by atoms with Gasteiger partial charge in [0.25, 0.3) is 0 Å². The van der Waals surface area contributed by atoms with Gasteiger partial charge in [0.1, 0.15) is 0 Å². The average molecular weight is 174 g/mol. The molecule has 0 amide bonds. The third-order valence-corrected chi connectivity index (χ3v) is 2.75. The Balaban J connectivity index is 2.53. The number of piperidine rings is 1. The first-order valence-electron chi connectivity index (χ1n) is 4.47. The SMILES string of the molecule is CC1CC(N(C)O)CC(C)[NH+]1[O-]. The van der Waals surface area contributed by atoms with Crippen molar-refractivity contribution in [1.82, 2.24) is 5.06 Å². The van der Waals surface area contributed by atoms with Crippen molar-refractivity contribution < 1.29 is 10.3 Å². The van der Waals surface area contributed by atoms with Gasteiger partial charge in [0.05, 0.1) is 12.1 Å². The highest BCUT2D eigenvalue weighted by Gasteiger charge is 2.31. The van der Waals surface area contributed by atoms with Gasteiger partial charge in [0.15, 0.2) is 0 Å². The minimum absolute atomic E-state index is 0.105. The van der Waals surface area contributed by atoms with Crippen LogP contribution in [0.25, 0.3) is 0 Å². The Hall–Kier alpha value is -0.160. The van der Waals surface area contributed by atoms with E-state index >= 15 is 0 Å². The lowest BCUT2D eigenvalue weighted by Gasteiger charge is -2.43. The van der Waals surface area contributed by atoms with Crippen LogP contribution in [0.5, 0.6) is 0 Å². The zero-order valence-electron chi connectivity index (χ0n) is 7.95. The van der Waals surface area contributed by atoms with Crippen molar-refractivity contribution in [3.63, 3.8) is 0 Å². The minimum atomic E-state index is 0.105. The van der Waals surface area contributed by atoms with Crippen LogP contribution >= 0.6 is 0 Å². The van der Waals surface area contributed by atoms with Crippen molar-refractivity contribution in [2.45, 2.75) is 44.8 Å². The molecule has 0 spiro atoms. The van der Waals surface area contributed by atoms with E-state index in [0.717, 1.165) is 12.8 Å². The van der Waals surface area contributed by atoms with Crippen LogP contribution in [0.1, 0.15) is 26.7 Å². The summed E-state index contributed by atoms with van der Waals surface area (Å²) >= 11 is 0. The van der Waals surface area contributed by atoms with E-state index in [1.165, 1.54) is 5.06 Å². The Morgan fingerprint density at radius 2 is 1.75 bits per heavy atom. The van der Waals surface area contributed by atoms with E-state index in [1.807, 2.05) is 13.8 Å². The Labute approximate surface area is 73.3 Å². The zero-order valence-corrected chi connectivity index (χ0v) is 7.95.